The van der Waals surface area contributed by atoms with Crippen LogP contribution in [0.3, 0.4) is 0 Å². The van der Waals surface area contributed by atoms with Crippen molar-refractivity contribution >= 4 is 29.3 Å². The van der Waals surface area contributed by atoms with Gasteiger partial charge in [-0.05, 0) is 24.3 Å². The number of carboxylic acid groups (broad SMARTS) is 1. The summed E-state index contributed by atoms with van der Waals surface area (Å²) >= 11 is 0. The van der Waals surface area contributed by atoms with Gasteiger partial charge < -0.3 is 20.6 Å². The fourth-order valence-electron chi connectivity index (χ4n) is 1.33. The molecule has 0 spiro atoms. The summed E-state index contributed by atoms with van der Waals surface area (Å²) in [5.41, 5.74) is 1.13. The molecule has 0 aliphatic carbocycles. The van der Waals surface area contributed by atoms with Gasteiger partial charge in [-0.3, -0.25) is 9.59 Å². The topological polar surface area (TPSA) is 98.7 Å². The van der Waals surface area contributed by atoms with E-state index in [1.54, 1.807) is 24.3 Å². The smallest absolute Gasteiger partial charge is 0.323 e. The van der Waals surface area contributed by atoms with Gasteiger partial charge in [-0.15, -0.1) is 0 Å². The Labute approximate surface area is 110 Å². The van der Waals surface area contributed by atoms with E-state index in [9.17, 15) is 14.4 Å². The first-order chi connectivity index (χ1) is 8.88. The van der Waals surface area contributed by atoms with Gasteiger partial charge in [-0.2, -0.15) is 0 Å². The third-order valence-corrected chi connectivity index (χ3v) is 2.18. The number of nitrogens with one attached hydrogen (secondary N) is 2. The molecule has 3 amide bonds. The number of anilines is 2. The molecule has 0 heterocycles. The van der Waals surface area contributed by atoms with Crippen molar-refractivity contribution in [1.82, 2.24) is 4.90 Å². The first-order valence-corrected chi connectivity index (χ1v) is 5.50. The summed E-state index contributed by atoms with van der Waals surface area (Å²) in [5.74, 6) is -1.27. The van der Waals surface area contributed by atoms with Crippen LogP contribution in [0, 0.1) is 0 Å². The van der Waals surface area contributed by atoms with E-state index in [1.165, 1.54) is 14.0 Å². The van der Waals surface area contributed by atoms with E-state index in [2.05, 4.69) is 10.6 Å². The molecule has 0 aliphatic rings. The summed E-state index contributed by atoms with van der Waals surface area (Å²) in [6.07, 6.45) is 0. The van der Waals surface area contributed by atoms with Crippen molar-refractivity contribution in [3.63, 3.8) is 0 Å². The molecule has 0 aromatic heterocycles. The van der Waals surface area contributed by atoms with Gasteiger partial charge in [0.1, 0.15) is 6.54 Å². The molecule has 0 fully saturated rings. The van der Waals surface area contributed by atoms with E-state index in [0.29, 0.717) is 11.4 Å². The Morgan fingerprint density at radius 3 is 2.00 bits per heavy atom. The fraction of sp³-hybridized carbons (Fsp3) is 0.250. The van der Waals surface area contributed by atoms with E-state index in [0.717, 1.165) is 4.90 Å². The summed E-state index contributed by atoms with van der Waals surface area (Å²) < 4.78 is 0. The quantitative estimate of drug-likeness (QED) is 0.761. The number of nitrogens with zero attached hydrogens (tertiary/aromatic N) is 1. The summed E-state index contributed by atoms with van der Waals surface area (Å²) in [5, 5.41) is 13.7. The van der Waals surface area contributed by atoms with Crippen LogP contribution in [0.15, 0.2) is 24.3 Å². The first kappa shape index (κ1) is 14.5. The minimum Gasteiger partial charge on any atom is -0.480 e. The number of carboxylic acids is 1. The summed E-state index contributed by atoms with van der Waals surface area (Å²) in [6, 6.07) is 5.97. The highest BCUT2D eigenvalue weighted by Gasteiger charge is 2.11. The highest BCUT2D eigenvalue weighted by Crippen LogP contribution is 2.13. The SMILES string of the molecule is CC(=O)Nc1ccc(NC(=O)N(C)CC(=O)O)cc1. The van der Waals surface area contributed by atoms with Gasteiger partial charge in [0.15, 0.2) is 0 Å². The summed E-state index contributed by atoms with van der Waals surface area (Å²) in [7, 11) is 1.38. The van der Waals surface area contributed by atoms with Gasteiger partial charge >= 0.3 is 12.0 Å². The molecule has 0 bridgehead atoms. The van der Waals surface area contributed by atoms with Crippen LogP contribution in [0.5, 0.6) is 0 Å². The Hall–Kier alpha value is -2.57. The normalized spacial score (nSPS) is 9.58. The van der Waals surface area contributed by atoms with Crippen molar-refractivity contribution < 1.29 is 19.5 Å². The molecule has 7 nitrogen and oxygen atoms in total. The van der Waals surface area contributed by atoms with Gasteiger partial charge in [-0.1, -0.05) is 0 Å². The van der Waals surface area contributed by atoms with Gasteiger partial charge in [0, 0.05) is 25.3 Å². The molecule has 0 aliphatic heterocycles. The first-order valence-electron chi connectivity index (χ1n) is 5.50. The lowest BCUT2D eigenvalue weighted by atomic mass is 10.3. The molecule has 1 aromatic rings. The second kappa shape index (κ2) is 6.39. The zero-order valence-corrected chi connectivity index (χ0v) is 10.6. The van der Waals surface area contributed by atoms with Crippen LogP contribution in [0.25, 0.3) is 0 Å². The molecule has 0 radical (unpaired) electrons. The lowest BCUT2D eigenvalue weighted by Crippen LogP contribution is -2.35. The molecular weight excluding hydrogens is 250 g/mol. The predicted octanol–water partition coefficient (Wildman–Crippen LogP) is 1.19. The fourth-order valence-corrected chi connectivity index (χ4v) is 1.33. The second-order valence-electron chi connectivity index (χ2n) is 3.94. The van der Waals surface area contributed by atoms with Crippen molar-refractivity contribution in [3.8, 4) is 0 Å². The number of likely N-dealkylation sites (N-methyl/N-ethyl adjacent to an activating group) is 1. The van der Waals surface area contributed by atoms with Crippen molar-refractivity contribution in [2.24, 2.45) is 0 Å². The Balaban J connectivity index is 2.60. The Kier molecular flexibility index (Phi) is 4.87. The lowest BCUT2D eigenvalue weighted by molar-refractivity contribution is -0.137. The lowest BCUT2D eigenvalue weighted by Gasteiger charge is -2.15. The van der Waals surface area contributed by atoms with E-state index in [-0.39, 0.29) is 12.5 Å². The number of amides is 3. The maximum absolute atomic E-state index is 11.6. The van der Waals surface area contributed by atoms with Crippen LogP contribution in [0.2, 0.25) is 0 Å². The minimum atomic E-state index is -1.08. The molecule has 0 saturated heterocycles. The third kappa shape index (κ3) is 5.07. The number of benzene rings is 1. The molecule has 1 aromatic carbocycles. The van der Waals surface area contributed by atoms with Gasteiger partial charge in [0.05, 0.1) is 0 Å². The molecule has 0 atom stereocenters. The third-order valence-electron chi connectivity index (χ3n) is 2.18. The number of hydrogen-bond acceptors (Lipinski definition) is 3. The molecular formula is C12H15N3O4. The summed E-state index contributed by atoms with van der Waals surface area (Å²) in [6.45, 7) is 1.02. The van der Waals surface area contributed by atoms with Crippen LogP contribution in [0.1, 0.15) is 6.92 Å². The Morgan fingerprint density at radius 2 is 1.58 bits per heavy atom. The van der Waals surface area contributed by atoms with E-state index >= 15 is 0 Å². The number of rotatable bonds is 4. The maximum Gasteiger partial charge on any atom is 0.323 e. The van der Waals surface area contributed by atoms with Gasteiger partial charge in [0.25, 0.3) is 0 Å². The molecule has 0 unspecified atom stereocenters. The van der Waals surface area contributed by atoms with Crippen molar-refractivity contribution in [1.29, 1.82) is 0 Å². The zero-order chi connectivity index (χ0) is 14.4. The van der Waals surface area contributed by atoms with E-state index < -0.39 is 12.0 Å². The number of carbonyl (C=O) groups is 3. The molecule has 0 saturated carbocycles. The number of urea groups is 1. The van der Waals surface area contributed by atoms with Gasteiger partial charge in [0.2, 0.25) is 5.91 Å². The van der Waals surface area contributed by atoms with Crippen molar-refractivity contribution in [2.75, 3.05) is 24.2 Å². The van der Waals surface area contributed by atoms with E-state index in [4.69, 9.17) is 5.11 Å². The van der Waals surface area contributed by atoms with E-state index in [1.807, 2.05) is 0 Å². The Bertz CT molecular complexity index is 484. The van der Waals surface area contributed by atoms with Crippen LogP contribution in [-0.4, -0.2) is 41.5 Å². The van der Waals surface area contributed by atoms with Crippen LogP contribution < -0.4 is 10.6 Å². The summed E-state index contributed by atoms with van der Waals surface area (Å²) in [4.78, 5) is 33.9. The number of carbonyl (C=O) groups excluding carboxylic acids is 2. The molecule has 102 valence electrons. The molecule has 7 heteroatoms. The van der Waals surface area contributed by atoms with Crippen molar-refractivity contribution in [3.05, 3.63) is 24.3 Å². The minimum absolute atomic E-state index is 0.182. The maximum atomic E-state index is 11.6. The van der Waals surface area contributed by atoms with Gasteiger partial charge in [-0.25, -0.2) is 4.79 Å². The highest BCUT2D eigenvalue weighted by atomic mass is 16.4. The molecule has 19 heavy (non-hydrogen) atoms. The van der Waals surface area contributed by atoms with Crippen LogP contribution in [0.4, 0.5) is 16.2 Å². The number of hydrogen-bond donors (Lipinski definition) is 3. The highest BCUT2D eigenvalue weighted by molar-refractivity contribution is 5.92. The standard InChI is InChI=1S/C12H15N3O4/c1-8(16)13-9-3-5-10(6-4-9)14-12(19)15(2)7-11(17)18/h3-6H,7H2,1-2H3,(H,13,16)(H,14,19)(H,17,18). The number of aliphatic carboxylic acids is 1. The second-order valence-corrected chi connectivity index (χ2v) is 3.94. The van der Waals surface area contributed by atoms with Crippen LogP contribution >= 0.6 is 0 Å². The van der Waals surface area contributed by atoms with Crippen LogP contribution in [-0.2, 0) is 9.59 Å². The predicted molar refractivity (Wildman–Crippen MR) is 70.0 cm³/mol. The molecule has 1 rings (SSSR count). The zero-order valence-electron chi connectivity index (χ0n) is 10.6. The van der Waals surface area contributed by atoms with Crippen molar-refractivity contribution in [2.45, 2.75) is 6.92 Å². The molecule has 3 N–H and O–H groups in total. The monoisotopic (exact) mass is 265 g/mol. The largest absolute Gasteiger partial charge is 0.480 e. The average molecular weight is 265 g/mol. The Morgan fingerprint density at radius 1 is 1.11 bits per heavy atom. The average Bonchev–Trinajstić information content (AvgIpc) is 2.30.